The highest BCUT2D eigenvalue weighted by atomic mass is 79.9. The summed E-state index contributed by atoms with van der Waals surface area (Å²) in [6.45, 7) is 0.348. The van der Waals surface area contributed by atoms with E-state index < -0.39 is 0 Å². The zero-order valence-corrected chi connectivity index (χ0v) is 21.9. The van der Waals surface area contributed by atoms with Crippen molar-refractivity contribution in [1.82, 2.24) is 10.4 Å². The Morgan fingerprint density at radius 3 is 2.59 bits per heavy atom. The van der Waals surface area contributed by atoms with Gasteiger partial charge in [-0.1, -0.05) is 88.2 Å². The highest BCUT2D eigenvalue weighted by Gasteiger charge is 2.14. The molecule has 4 aromatic carbocycles. The molecule has 0 saturated heterocycles. The van der Waals surface area contributed by atoms with Gasteiger partial charge >= 0.3 is 0 Å². The van der Waals surface area contributed by atoms with Crippen LogP contribution >= 0.6 is 27.5 Å². The molecule has 5 aromatic rings. The van der Waals surface area contributed by atoms with Crippen LogP contribution in [0, 0.1) is 0 Å². The molecule has 0 fully saturated rings. The minimum absolute atomic E-state index is 0.330. The number of hydrogen-bond acceptors (Lipinski definition) is 4. The molecular formula is C30H21BrClN3O2. The van der Waals surface area contributed by atoms with E-state index in [1.54, 1.807) is 12.3 Å². The molecular weight excluding hydrogens is 550 g/mol. The number of benzene rings is 4. The van der Waals surface area contributed by atoms with Crippen LogP contribution < -0.4 is 10.2 Å². The minimum atomic E-state index is -0.330. The zero-order valence-electron chi connectivity index (χ0n) is 19.6. The number of ether oxygens (including phenoxy) is 1. The van der Waals surface area contributed by atoms with E-state index in [0.29, 0.717) is 28.5 Å². The lowest BCUT2D eigenvalue weighted by molar-refractivity contribution is 0.0956. The third-order valence-electron chi connectivity index (χ3n) is 5.66. The Morgan fingerprint density at radius 1 is 0.946 bits per heavy atom. The first-order valence-corrected chi connectivity index (χ1v) is 12.7. The van der Waals surface area contributed by atoms with Gasteiger partial charge in [-0.15, -0.1) is 0 Å². The Hall–Kier alpha value is -4.00. The molecule has 1 amide bonds. The Kier molecular flexibility index (Phi) is 7.59. The van der Waals surface area contributed by atoms with Crippen molar-refractivity contribution in [3.05, 3.63) is 129 Å². The van der Waals surface area contributed by atoms with Crippen LogP contribution in [0.4, 0.5) is 0 Å². The van der Waals surface area contributed by atoms with Crippen molar-refractivity contribution in [1.29, 1.82) is 0 Å². The standard InChI is InChI=1S/C30H21BrClN3O2/c31-23-13-14-29(37-19-20-7-6-10-24(32)15-20)22(16-23)18-33-35-30(36)26-17-28(21-8-2-1-3-9-21)34-27-12-5-4-11-25(26)27/h1-18H,19H2,(H,35,36)/b33-18-. The highest BCUT2D eigenvalue weighted by molar-refractivity contribution is 9.10. The van der Waals surface area contributed by atoms with E-state index in [1.165, 1.54) is 0 Å². The summed E-state index contributed by atoms with van der Waals surface area (Å²) < 4.78 is 6.87. The normalized spacial score (nSPS) is 11.1. The van der Waals surface area contributed by atoms with E-state index in [9.17, 15) is 4.79 Å². The summed E-state index contributed by atoms with van der Waals surface area (Å²) in [5.74, 6) is 0.297. The number of nitrogens with one attached hydrogen (secondary N) is 1. The number of carbonyl (C=O) groups excluding carboxylic acids is 1. The van der Waals surface area contributed by atoms with E-state index in [0.717, 1.165) is 32.2 Å². The molecule has 1 N–H and O–H groups in total. The van der Waals surface area contributed by atoms with Gasteiger partial charge in [-0.2, -0.15) is 5.10 Å². The summed E-state index contributed by atoms with van der Waals surface area (Å²) in [4.78, 5) is 18.0. The largest absolute Gasteiger partial charge is 0.488 e. The van der Waals surface area contributed by atoms with Crippen molar-refractivity contribution >= 4 is 50.6 Å². The van der Waals surface area contributed by atoms with Crippen molar-refractivity contribution in [3.8, 4) is 17.0 Å². The molecule has 5 rings (SSSR count). The monoisotopic (exact) mass is 569 g/mol. The van der Waals surface area contributed by atoms with Gasteiger partial charge < -0.3 is 4.74 Å². The Morgan fingerprint density at radius 2 is 1.76 bits per heavy atom. The van der Waals surface area contributed by atoms with Crippen LogP contribution in [0.5, 0.6) is 5.75 Å². The first kappa shape index (κ1) is 24.7. The maximum absolute atomic E-state index is 13.2. The predicted molar refractivity (Wildman–Crippen MR) is 152 cm³/mol. The van der Waals surface area contributed by atoms with Crippen LogP contribution in [0.1, 0.15) is 21.5 Å². The quantitative estimate of drug-likeness (QED) is 0.161. The summed E-state index contributed by atoms with van der Waals surface area (Å²) >= 11 is 9.57. The summed E-state index contributed by atoms with van der Waals surface area (Å²) in [6.07, 6.45) is 1.57. The molecule has 182 valence electrons. The number of aromatic nitrogens is 1. The lowest BCUT2D eigenvalue weighted by Gasteiger charge is -2.10. The Labute approximate surface area is 227 Å². The number of rotatable bonds is 7. The fourth-order valence-electron chi connectivity index (χ4n) is 3.88. The first-order chi connectivity index (χ1) is 18.1. The van der Waals surface area contributed by atoms with E-state index >= 15 is 0 Å². The van der Waals surface area contributed by atoms with Crippen LogP contribution in [-0.2, 0) is 6.61 Å². The molecule has 5 nitrogen and oxygen atoms in total. The maximum atomic E-state index is 13.2. The van der Waals surface area contributed by atoms with Gasteiger partial charge in [0.2, 0.25) is 0 Å². The van der Waals surface area contributed by atoms with Crippen molar-refractivity contribution in [2.24, 2.45) is 5.10 Å². The van der Waals surface area contributed by atoms with Gasteiger partial charge in [0.15, 0.2) is 0 Å². The number of halogens is 2. The van der Waals surface area contributed by atoms with Crippen molar-refractivity contribution < 1.29 is 9.53 Å². The number of hydrazone groups is 1. The van der Waals surface area contributed by atoms with Gasteiger partial charge in [0.1, 0.15) is 12.4 Å². The topological polar surface area (TPSA) is 63.6 Å². The van der Waals surface area contributed by atoms with Crippen molar-refractivity contribution in [2.45, 2.75) is 6.61 Å². The molecule has 7 heteroatoms. The second-order valence-corrected chi connectivity index (χ2v) is 9.59. The van der Waals surface area contributed by atoms with Crippen LogP contribution in [0.3, 0.4) is 0 Å². The SMILES string of the molecule is O=C(N/N=C\c1cc(Br)ccc1OCc1cccc(Cl)c1)c1cc(-c2ccccc2)nc2ccccc12. The molecule has 1 heterocycles. The molecule has 0 bridgehead atoms. The van der Waals surface area contributed by atoms with Crippen molar-refractivity contribution in [3.63, 3.8) is 0 Å². The number of pyridine rings is 1. The summed E-state index contributed by atoms with van der Waals surface area (Å²) in [6, 6.07) is 32.2. The Balaban J connectivity index is 1.38. The molecule has 0 aliphatic carbocycles. The molecule has 0 atom stereocenters. The zero-order chi connectivity index (χ0) is 25.6. The van der Waals surface area contributed by atoms with Crippen LogP contribution in [0.15, 0.2) is 113 Å². The number of para-hydroxylation sites is 1. The number of nitrogens with zero attached hydrogens (tertiary/aromatic N) is 2. The highest BCUT2D eigenvalue weighted by Crippen LogP contribution is 2.26. The van der Waals surface area contributed by atoms with Gasteiger partial charge in [-0.3, -0.25) is 4.79 Å². The summed E-state index contributed by atoms with van der Waals surface area (Å²) in [7, 11) is 0. The lowest BCUT2D eigenvalue weighted by atomic mass is 10.0. The van der Waals surface area contributed by atoms with Gasteiger partial charge in [0, 0.05) is 26.0 Å². The lowest BCUT2D eigenvalue weighted by Crippen LogP contribution is -2.18. The smallest absolute Gasteiger partial charge is 0.272 e. The van der Waals surface area contributed by atoms with Crippen LogP contribution in [0.2, 0.25) is 5.02 Å². The molecule has 0 saturated carbocycles. The number of carbonyl (C=O) groups is 1. The minimum Gasteiger partial charge on any atom is -0.488 e. The molecule has 1 aromatic heterocycles. The van der Waals surface area contributed by atoms with Gasteiger partial charge in [-0.05, 0) is 48.0 Å². The molecule has 37 heavy (non-hydrogen) atoms. The van der Waals surface area contributed by atoms with Gasteiger partial charge in [0.25, 0.3) is 5.91 Å². The molecule has 0 spiro atoms. The Bertz CT molecular complexity index is 1610. The fraction of sp³-hybridized carbons (Fsp3) is 0.0333. The average Bonchev–Trinajstić information content (AvgIpc) is 2.92. The molecule has 0 unspecified atom stereocenters. The molecule has 0 aliphatic rings. The number of hydrogen-bond donors (Lipinski definition) is 1. The van der Waals surface area contributed by atoms with Gasteiger partial charge in [-0.25, -0.2) is 10.4 Å². The summed E-state index contributed by atoms with van der Waals surface area (Å²) in [5.41, 5.74) is 7.20. The third-order valence-corrected chi connectivity index (χ3v) is 6.38. The number of fused-ring (bicyclic) bond motifs is 1. The fourth-order valence-corrected chi connectivity index (χ4v) is 4.47. The second-order valence-electron chi connectivity index (χ2n) is 8.24. The molecule has 0 aliphatic heterocycles. The third kappa shape index (κ3) is 6.05. The molecule has 0 radical (unpaired) electrons. The van der Waals surface area contributed by atoms with E-state index in [4.69, 9.17) is 21.3 Å². The number of amides is 1. The predicted octanol–water partition coefficient (Wildman–Crippen LogP) is 7.66. The van der Waals surface area contributed by atoms with E-state index in [-0.39, 0.29) is 5.91 Å². The maximum Gasteiger partial charge on any atom is 0.272 e. The first-order valence-electron chi connectivity index (χ1n) is 11.5. The second kappa shape index (κ2) is 11.4. The van der Waals surface area contributed by atoms with Crippen molar-refractivity contribution in [2.75, 3.05) is 0 Å². The van der Waals surface area contributed by atoms with Gasteiger partial charge in [0.05, 0.1) is 23.0 Å². The average molecular weight is 571 g/mol. The van der Waals surface area contributed by atoms with E-state index in [2.05, 4.69) is 26.5 Å². The van der Waals surface area contributed by atoms with Crippen LogP contribution in [-0.4, -0.2) is 17.1 Å². The summed E-state index contributed by atoms with van der Waals surface area (Å²) in [5, 5.41) is 5.64. The van der Waals surface area contributed by atoms with Crippen LogP contribution in [0.25, 0.3) is 22.2 Å². The van der Waals surface area contributed by atoms with E-state index in [1.807, 2.05) is 97.1 Å².